The van der Waals surface area contributed by atoms with Gasteiger partial charge < -0.3 is 15.6 Å². The summed E-state index contributed by atoms with van der Waals surface area (Å²) in [4.78, 5) is 7.82. The Kier molecular flexibility index (Phi) is 3.55. The van der Waals surface area contributed by atoms with E-state index in [1.165, 1.54) is 0 Å². The Hall–Kier alpha value is -2.82. The van der Waals surface area contributed by atoms with Crippen molar-refractivity contribution in [1.82, 2.24) is 9.97 Å². The minimum Gasteiger partial charge on any atom is -0.497 e. The highest BCUT2D eigenvalue weighted by Crippen LogP contribution is 2.15. The highest BCUT2D eigenvalue weighted by Gasteiger charge is 2.09. The molecule has 5 heteroatoms. The van der Waals surface area contributed by atoms with Gasteiger partial charge in [0, 0.05) is 0 Å². The number of methoxy groups -OCH3 is 1. The molecule has 2 aromatic carbocycles. The number of aromatic amines is 1. The molecule has 0 amide bonds. The van der Waals surface area contributed by atoms with Crippen molar-refractivity contribution >= 4 is 16.7 Å². The molecular weight excluding hydrogens is 264 g/mol. The summed E-state index contributed by atoms with van der Waals surface area (Å²) in [6.45, 7) is 0. The first kappa shape index (κ1) is 13.2. The first-order valence-electron chi connectivity index (χ1n) is 6.65. The average molecular weight is 280 g/mol. The summed E-state index contributed by atoms with van der Waals surface area (Å²) < 4.78 is 5.15. The predicted molar refractivity (Wildman–Crippen MR) is 83.5 cm³/mol. The van der Waals surface area contributed by atoms with Crippen LogP contribution >= 0.6 is 0 Å². The Morgan fingerprint density at radius 2 is 1.95 bits per heavy atom. The lowest BCUT2D eigenvalue weighted by molar-refractivity contribution is 0.415. The number of para-hydroxylation sites is 2. The van der Waals surface area contributed by atoms with Crippen LogP contribution < -0.4 is 10.6 Å². The van der Waals surface area contributed by atoms with E-state index < -0.39 is 0 Å². The van der Waals surface area contributed by atoms with Crippen LogP contribution in [0.25, 0.3) is 11.0 Å². The van der Waals surface area contributed by atoms with E-state index in [1.54, 1.807) is 7.11 Å². The quantitative estimate of drug-likeness (QED) is 0.438. The van der Waals surface area contributed by atoms with Gasteiger partial charge in [-0.05, 0) is 42.0 Å². The fourth-order valence-electron chi connectivity index (χ4n) is 2.25. The Bertz CT molecular complexity index is 741. The zero-order valence-electron chi connectivity index (χ0n) is 11.7. The molecule has 0 aliphatic carbocycles. The predicted octanol–water partition coefficient (Wildman–Crippen LogP) is 2.48. The second kappa shape index (κ2) is 5.66. The number of fused-ring (bicyclic) bond motifs is 1. The molecule has 0 bridgehead atoms. The highest BCUT2D eigenvalue weighted by atomic mass is 16.5. The molecule has 0 spiro atoms. The second-order valence-electron chi connectivity index (χ2n) is 4.68. The Labute approximate surface area is 122 Å². The van der Waals surface area contributed by atoms with Crippen LogP contribution in [0.5, 0.6) is 5.75 Å². The molecule has 0 atom stereocenters. The molecule has 0 fully saturated rings. The van der Waals surface area contributed by atoms with Crippen LogP contribution in [0.3, 0.4) is 0 Å². The fourth-order valence-corrected chi connectivity index (χ4v) is 2.25. The first-order chi connectivity index (χ1) is 10.3. The highest BCUT2D eigenvalue weighted by molar-refractivity contribution is 6.01. The second-order valence-corrected chi connectivity index (χ2v) is 4.68. The van der Waals surface area contributed by atoms with Crippen LogP contribution in [0, 0.1) is 0 Å². The van der Waals surface area contributed by atoms with Gasteiger partial charge in [-0.15, -0.1) is 0 Å². The normalized spacial score (nSPS) is 11.8. The van der Waals surface area contributed by atoms with Gasteiger partial charge in [0.1, 0.15) is 11.6 Å². The zero-order chi connectivity index (χ0) is 14.7. The van der Waals surface area contributed by atoms with Crippen molar-refractivity contribution in [2.45, 2.75) is 6.42 Å². The van der Waals surface area contributed by atoms with E-state index in [1.807, 2.05) is 48.5 Å². The lowest BCUT2D eigenvalue weighted by Crippen LogP contribution is -2.09. The third kappa shape index (κ3) is 2.72. The van der Waals surface area contributed by atoms with E-state index in [2.05, 4.69) is 15.1 Å². The minimum atomic E-state index is 0.553. The number of aromatic nitrogens is 2. The molecular formula is C16H16N4O. The lowest BCUT2D eigenvalue weighted by atomic mass is 10.1. The maximum atomic E-state index is 5.53. The van der Waals surface area contributed by atoms with Crippen molar-refractivity contribution in [2.75, 3.05) is 7.11 Å². The number of hydrogen-bond donors (Lipinski definition) is 2. The van der Waals surface area contributed by atoms with E-state index in [-0.39, 0.29) is 0 Å². The van der Waals surface area contributed by atoms with E-state index >= 15 is 0 Å². The molecule has 1 heterocycles. The van der Waals surface area contributed by atoms with E-state index in [0.717, 1.165) is 33.9 Å². The van der Waals surface area contributed by atoms with Gasteiger partial charge in [0.25, 0.3) is 0 Å². The molecule has 0 unspecified atom stereocenters. The van der Waals surface area contributed by atoms with Gasteiger partial charge in [-0.3, -0.25) is 0 Å². The maximum absolute atomic E-state index is 5.53. The number of nitrogens with zero attached hydrogens (tertiary/aromatic N) is 2. The van der Waals surface area contributed by atoms with E-state index in [9.17, 15) is 0 Å². The molecule has 3 N–H and O–H groups in total. The largest absolute Gasteiger partial charge is 0.497 e. The molecule has 1 aromatic heterocycles. The molecule has 3 rings (SSSR count). The van der Waals surface area contributed by atoms with Crippen molar-refractivity contribution in [3.05, 3.63) is 59.9 Å². The van der Waals surface area contributed by atoms with Crippen molar-refractivity contribution < 1.29 is 4.74 Å². The average Bonchev–Trinajstić information content (AvgIpc) is 2.95. The van der Waals surface area contributed by atoms with Crippen LogP contribution in [-0.2, 0) is 6.42 Å². The number of imidazole rings is 1. The van der Waals surface area contributed by atoms with Crippen molar-refractivity contribution in [3.8, 4) is 5.75 Å². The summed E-state index contributed by atoms with van der Waals surface area (Å²) in [6.07, 6.45) is 0.553. The Balaban J connectivity index is 1.86. The third-order valence-electron chi connectivity index (χ3n) is 3.35. The first-order valence-corrected chi connectivity index (χ1v) is 6.65. The summed E-state index contributed by atoms with van der Waals surface area (Å²) >= 11 is 0. The number of ether oxygens (including phenoxy) is 1. The molecule has 0 radical (unpaired) electrons. The van der Waals surface area contributed by atoms with Gasteiger partial charge in [0.15, 0.2) is 0 Å². The smallest absolute Gasteiger partial charge is 0.118 e. The van der Waals surface area contributed by atoms with Crippen LogP contribution in [0.4, 0.5) is 0 Å². The number of H-pyrrole nitrogens is 1. The van der Waals surface area contributed by atoms with E-state index in [0.29, 0.717) is 6.42 Å². The fraction of sp³-hybridized carbons (Fsp3) is 0.125. The van der Waals surface area contributed by atoms with Crippen LogP contribution in [0.15, 0.2) is 53.6 Å². The number of hydrazone groups is 1. The summed E-state index contributed by atoms with van der Waals surface area (Å²) in [6, 6.07) is 15.6. The molecule has 21 heavy (non-hydrogen) atoms. The Morgan fingerprint density at radius 1 is 1.19 bits per heavy atom. The monoisotopic (exact) mass is 280 g/mol. The SMILES string of the molecule is COc1ccc(C(Cc2nc3ccccc3[nH]2)=NN)cc1. The van der Waals surface area contributed by atoms with Crippen LogP contribution in [0.1, 0.15) is 11.4 Å². The lowest BCUT2D eigenvalue weighted by Gasteiger charge is -2.05. The summed E-state index contributed by atoms with van der Waals surface area (Å²) in [7, 11) is 1.64. The van der Waals surface area contributed by atoms with E-state index in [4.69, 9.17) is 10.6 Å². The number of nitrogens with one attached hydrogen (secondary N) is 1. The van der Waals surface area contributed by atoms with Gasteiger partial charge in [-0.2, -0.15) is 5.10 Å². The number of nitrogens with two attached hydrogens (primary N) is 1. The summed E-state index contributed by atoms with van der Waals surface area (Å²) in [5, 5.41) is 3.90. The molecule has 5 nitrogen and oxygen atoms in total. The zero-order valence-corrected chi connectivity index (χ0v) is 11.7. The minimum absolute atomic E-state index is 0.553. The van der Waals surface area contributed by atoms with Crippen LogP contribution in [-0.4, -0.2) is 22.8 Å². The Morgan fingerprint density at radius 3 is 2.62 bits per heavy atom. The van der Waals surface area contributed by atoms with Crippen LogP contribution in [0.2, 0.25) is 0 Å². The van der Waals surface area contributed by atoms with Gasteiger partial charge in [-0.1, -0.05) is 12.1 Å². The summed E-state index contributed by atoms with van der Waals surface area (Å²) in [5.74, 6) is 7.18. The van der Waals surface area contributed by atoms with Crippen molar-refractivity contribution in [3.63, 3.8) is 0 Å². The van der Waals surface area contributed by atoms with Crippen molar-refractivity contribution in [1.29, 1.82) is 0 Å². The van der Waals surface area contributed by atoms with Gasteiger partial charge >= 0.3 is 0 Å². The van der Waals surface area contributed by atoms with Gasteiger partial charge in [-0.25, -0.2) is 4.98 Å². The maximum Gasteiger partial charge on any atom is 0.118 e. The number of rotatable bonds is 4. The summed E-state index contributed by atoms with van der Waals surface area (Å²) in [5.41, 5.74) is 3.69. The molecule has 0 aliphatic rings. The molecule has 106 valence electrons. The number of hydrogen-bond acceptors (Lipinski definition) is 4. The van der Waals surface area contributed by atoms with Crippen molar-refractivity contribution in [2.24, 2.45) is 10.9 Å². The van der Waals surface area contributed by atoms with Gasteiger partial charge in [0.2, 0.25) is 0 Å². The molecule has 0 aliphatic heterocycles. The topological polar surface area (TPSA) is 76.3 Å². The molecule has 3 aromatic rings. The molecule has 0 saturated carbocycles. The number of benzene rings is 2. The third-order valence-corrected chi connectivity index (χ3v) is 3.35. The molecule has 0 saturated heterocycles. The standard InChI is InChI=1S/C16H16N4O/c1-21-12-8-6-11(7-9-12)15(20-17)10-16-18-13-4-2-3-5-14(13)19-16/h2-9H,10,17H2,1H3,(H,18,19). The van der Waals surface area contributed by atoms with Gasteiger partial charge in [0.05, 0.1) is 30.3 Å².